The molecule has 1 fully saturated rings. The molecule has 2 aromatic rings. The normalized spacial score (nSPS) is 14.7. The molecular weight excluding hydrogens is 403 g/mol. The largest absolute Gasteiger partial charge is 0.483 e. The Morgan fingerprint density at radius 2 is 1.61 bits per heavy atom. The number of nitrogens with zero attached hydrogens (tertiary/aromatic N) is 2. The van der Waals surface area contributed by atoms with E-state index in [1.165, 1.54) is 23.8 Å². The number of carbonyl (C=O) groups excluding carboxylic acids is 1. The van der Waals surface area contributed by atoms with Gasteiger partial charge in [-0.3, -0.25) is 9.69 Å². The van der Waals surface area contributed by atoms with Crippen molar-refractivity contribution in [3.8, 4) is 5.75 Å². The van der Waals surface area contributed by atoms with Gasteiger partial charge in [0.15, 0.2) is 6.61 Å². The first-order chi connectivity index (χ1) is 13.4. The molecular formula is C20H20Cl2N2O4. The average Bonchev–Trinajstić information content (AvgIpc) is 2.69. The third kappa shape index (κ3) is 5.38. The zero-order valence-corrected chi connectivity index (χ0v) is 16.6. The van der Waals surface area contributed by atoms with Crippen LogP contribution in [-0.2, 0) is 11.3 Å². The molecule has 0 saturated carbocycles. The number of carboxylic acids is 1. The van der Waals surface area contributed by atoms with E-state index in [1.54, 1.807) is 4.90 Å². The third-order valence-electron chi connectivity index (χ3n) is 4.57. The molecule has 0 unspecified atom stereocenters. The zero-order valence-electron chi connectivity index (χ0n) is 15.1. The van der Waals surface area contributed by atoms with E-state index in [0.717, 1.165) is 19.6 Å². The number of halogens is 2. The number of rotatable bonds is 6. The van der Waals surface area contributed by atoms with Crippen LogP contribution in [0.25, 0.3) is 0 Å². The van der Waals surface area contributed by atoms with Gasteiger partial charge in [0.2, 0.25) is 0 Å². The summed E-state index contributed by atoms with van der Waals surface area (Å²) in [5.41, 5.74) is 1.12. The quantitative estimate of drug-likeness (QED) is 0.771. The first kappa shape index (κ1) is 20.5. The Kier molecular flexibility index (Phi) is 6.78. The number of hydrogen-bond donors (Lipinski definition) is 1. The third-order valence-corrected chi connectivity index (χ3v) is 5.05. The summed E-state index contributed by atoms with van der Waals surface area (Å²) in [5, 5.41) is 10.2. The van der Waals surface area contributed by atoms with Crippen LogP contribution in [0.3, 0.4) is 0 Å². The Labute approximate surface area is 173 Å². The van der Waals surface area contributed by atoms with Crippen LogP contribution in [0.4, 0.5) is 0 Å². The summed E-state index contributed by atoms with van der Waals surface area (Å²) in [6.45, 7) is 3.32. The molecule has 0 radical (unpaired) electrons. The smallest absolute Gasteiger partial charge is 0.339 e. The summed E-state index contributed by atoms with van der Waals surface area (Å²) < 4.78 is 5.45. The molecule has 1 amide bonds. The summed E-state index contributed by atoms with van der Waals surface area (Å²) in [6.07, 6.45) is 0. The minimum Gasteiger partial charge on any atom is -0.483 e. The Morgan fingerprint density at radius 1 is 0.964 bits per heavy atom. The molecule has 0 bridgehead atoms. The fourth-order valence-electron chi connectivity index (χ4n) is 3.03. The van der Waals surface area contributed by atoms with Crippen LogP contribution in [-0.4, -0.2) is 59.6 Å². The molecule has 6 nitrogen and oxygen atoms in total. The highest BCUT2D eigenvalue weighted by Crippen LogP contribution is 2.23. The molecule has 0 spiro atoms. The van der Waals surface area contributed by atoms with Crippen molar-refractivity contribution in [3.05, 3.63) is 63.6 Å². The number of ether oxygens (including phenoxy) is 1. The van der Waals surface area contributed by atoms with Gasteiger partial charge >= 0.3 is 5.97 Å². The van der Waals surface area contributed by atoms with Crippen molar-refractivity contribution in [3.63, 3.8) is 0 Å². The van der Waals surface area contributed by atoms with E-state index in [0.29, 0.717) is 23.1 Å². The van der Waals surface area contributed by atoms with Gasteiger partial charge in [0, 0.05) is 42.8 Å². The van der Waals surface area contributed by atoms with E-state index < -0.39 is 5.97 Å². The minimum atomic E-state index is -1.15. The van der Waals surface area contributed by atoms with E-state index in [4.69, 9.17) is 27.9 Å². The fraction of sp³-hybridized carbons (Fsp3) is 0.300. The fourth-order valence-corrected chi connectivity index (χ4v) is 3.33. The van der Waals surface area contributed by atoms with Gasteiger partial charge in [-0.25, -0.2) is 4.79 Å². The second kappa shape index (κ2) is 9.28. The van der Waals surface area contributed by atoms with Crippen molar-refractivity contribution in [2.75, 3.05) is 32.8 Å². The average molecular weight is 423 g/mol. The van der Waals surface area contributed by atoms with E-state index in [2.05, 4.69) is 4.90 Å². The second-order valence-electron chi connectivity index (χ2n) is 6.52. The molecule has 1 heterocycles. The van der Waals surface area contributed by atoms with Gasteiger partial charge in [-0.2, -0.15) is 0 Å². The highest BCUT2D eigenvalue weighted by atomic mass is 35.5. The molecule has 1 aliphatic rings. The lowest BCUT2D eigenvalue weighted by atomic mass is 10.2. The van der Waals surface area contributed by atoms with E-state index in [9.17, 15) is 14.7 Å². The van der Waals surface area contributed by atoms with Gasteiger partial charge in [-0.05, 0) is 35.9 Å². The van der Waals surface area contributed by atoms with E-state index >= 15 is 0 Å². The number of carbonyl (C=O) groups is 2. The van der Waals surface area contributed by atoms with Crippen molar-refractivity contribution in [1.29, 1.82) is 0 Å². The predicted molar refractivity (Wildman–Crippen MR) is 107 cm³/mol. The lowest BCUT2D eigenvalue weighted by Crippen LogP contribution is -2.49. The molecule has 0 aliphatic carbocycles. The van der Waals surface area contributed by atoms with Crippen LogP contribution in [0.1, 0.15) is 15.9 Å². The van der Waals surface area contributed by atoms with Crippen molar-refractivity contribution < 1.29 is 19.4 Å². The molecule has 1 saturated heterocycles. The molecule has 148 valence electrons. The second-order valence-corrected chi connectivity index (χ2v) is 7.39. The highest BCUT2D eigenvalue weighted by molar-refractivity contribution is 6.31. The van der Waals surface area contributed by atoms with Gasteiger partial charge in [0.25, 0.3) is 5.91 Å². The van der Waals surface area contributed by atoms with Crippen molar-refractivity contribution in [2.24, 2.45) is 0 Å². The Balaban J connectivity index is 1.49. The molecule has 28 heavy (non-hydrogen) atoms. The van der Waals surface area contributed by atoms with Crippen molar-refractivity contribution >= 4 is 35.1 Å². The first-order valence-electron chi connectivity index (χ1n) is 8.82. The van der Waals surface area contributed by atoms with E-state index in [-0.39, 0.29) is 23.8 Å². The van der Waals surface area contributed by atoms with Gasteiger partial charge in [0.05, 0.1) is 0 Å². The predicted octanol–water partition coefficient (Wildman–Crippen LogP) is 3.41. The van der Waals surface area contributed by atoms with Gasteiger partial charge in [0.1, 0.15) is 11.3 Å². The van der Waals surface area contributed by atoms with Crippen LogP contribution in [0.5, 0.6) is 5.75 Å². The van der Waals surface area contributed by atoms with Gasteiger partial charge in [-0.15, -0.1) is 0 Å². The zero-order chi connectivity index (χ0) is 20.1. The minimum absolute atomic E-state index is 0.0620. The number of hydrogen-bond acceptors (Lipinski definition) is 4. The summed E-state index contributed by atoms with van der Waals surface area (Å²) in [4.78, 5) is 27.7. The summed E-state index contributed by atoms with van der Waals surface area (Å²) >= 11 is 11.7. The maximum absolute atomic E-state index is 12.4. The topological polar surface area (TPSA) is 70.1 Å². The van der Waals surface area contributed by atoms with Crippen LogP contribution in [0.15, 0.2) is 42.5 Å². The number of carboxylic acid groups (broad SMARTS) is 1. The van der Waals surface area contributed by atoms with Gasteiger partial charge in [-0.1, -0.05) is 35.3 Å². The SMILES string of the molecule is O=C(O)c1cc(Cl)ccc1OCC(=O)N1CCN(Cc2ccc(Cl)cc2)CC1. The maximum atomic E-state index is 12.4. The summed E-state index contributed by atoms with van der Waals surface area (Å²) in [5.74, 6) is -1.19. The van der Waals surface area contributed by atoms with Crippen LogP contribution < -0.4 is 4.74 Å². The molecule has 0 atom stereocenters. The number of amides is 1. The van der Waals surface area contributed by atoms with Crippen molar-refractivity contribution in [2.45, 2.75) is 6.54 Å². The number of aromatic carboxylic acids is 1. The highest BCUT2D eigenvalue weighted by Gasteiger charge is 2.22. The summed E-state index contributed by atoms with van der Waals surface area (Å²) in [7, 11) is 0. The molecule has 3 rings (SSSR count). The Hall–Kier alpha value is -2.28. The lowest BCUT2D eigenvalue weighted by molar-refractivity contribution is -0.135. The van der Waals surface area contributed by atoms with Crippen LogP contribution in [0, 0.1) is 0 Å². The van der Waals surface area contributed by atoms with Gasteiger partial charge < -0.3 is 14.7 Å². The molecule has 8 heteroatoms. The number of benzene rings is 2. The first-order valence-corrected chi connectivity index (χ1v) is 9.58. The van der Waals surface area contributed by atoms with Crippen molar-refractivity contribution in [1.82, 2.24) is 9.80 Å². The summed E-state index contributed by atoms with van der Waals surface area (Å²) in [6, 6.07) is 12.0. The Bertz CT molecular complexity index is 850. The van der Waals surface area contributed by atoms with Crippen LogP contribution >= 0.6 is 23.2 Å². The lowest BCUT2D eigenvalue weighted by Gasteiger charge is -2.34. The maximum Gasteiger partial charge on any atom is 0.339 e. The molecule has 2 aromatic carbocycles. The van der Waals surface area contributed by atoms with E-state index in [1.807, 2.05) is 24.3 Å². The molecule has 1 aliphatic heterocycles. The van der Waals surface area contributed by atoms with Crippen LogP contribution in [0.2, 0.25) is 10.0 Å². The molecule has 0 aromatic heterocycles. The molecule has 1 N–H and O–H groups in total. The monoisotopic (exact) mass is 422 g/mol. The Morgan fingerprint density at radius 3 is 2.25 bits per heavy atom. The number of piperazine rings is 1. The standard InChI is InChI=1S/C20H20Cl2N2O4/c21-15-3-1-14(2-4-15)12-23-7-9-24(10-8-23)19(25)13-28-18-6-5-16(22)11-17(18)20(26)27/h1-6,11H,7-10,12-13H2,(H,26,27).